The van der Waals surface area contributed by atoms with Crippen molar-refractivity contribution >= 4 is 21.8 Å². The Hall–Kier alpha value is -0.840. The fourth-order valence-corrected chi connectivity index (χ4v) is 1.81. The summed E-state index contributed by atoms with van der Waals surface area (Å²) in [6.45, 7) is 5.33. The van der Waals surface area contributed by atoms with Crippen molar-refractivity contribution in [2.45, 2.75) is 13.8 Å². The van der Waals surface area contributed by atoms with Crippen LogP contribution >= 0.6 is 15.9 Å². The minimum atomic E-state index is 0.0579. The maximum absolute atomic E-state index is 12.1. The summed E-state index contributed by atoms with van der Waals surface area (Å²) >= 11 is 3.34. The Bertz CT molecular complexity index is 348. The van der Waals surface area contributed by atoms with Gasteiger partial charge in [-0.2, -0.15) is 5.10 Å². The fourth-order valence-electron chi connectivity index (χ4n) is 1.38. The van der Waals surface area contributed by atoms with Crippen LogP contribution in [0, 0.1) is 6.92 Å². The first-order chi connectivity index (χ1) is 7.11. The first kappa shape index (κ1) is 12.2. The minimum absolute atomic E-state index is 0.0579. The third-order valence-corrected chi connectivity index (χ3v) is 2.84. The van der Waals surface area contributed by atoms with Crippen LogP contribution in [0.15, 0.2) is 6.20 Å². The molecule has 0 aliphatic carbocycles. The summed E-state index contributed by atoms with van der Waals surface area (Å²) in [5.74, 6) is 0.0579. The number of amides is 1. The van der Waals surface area contributed by atoms with Gasteiger partial charge in [-0.3, -0.25) is 9.48 Å². The van der Waals surface area contributed by atoms with Gasteiger partial charge in [0.25, 0.3) is 5.91 Å². The number of carbonyl (C=O) groups is 1. The van der Waals surface area contributed by atoms with Crippen molar-refractivity contribution in [2.75, 3.05) is 18.4 Å². The Balaban J connectivity index is 2.87. The summed E-state index contributed by atoms with van der Waals surface area (Å²) in [5.41, 5.74) is 1.60. The number of alkyl halides is 1. The Morgan fingerprint density at radius 2 is 2.33 bits per heavy atom. The van der Waals surface area contributed by atoms with E-state index in [9.17, 15) is 4.79 Å². The van der Waals surface area contributed by atoms with Crippen LogP contribution in [0.1, 0.15) is 23.0 Å². The second kappa shape index (κ2) is 5.30. The van der Waals surface area contributed by atoms with Crippen LogP contribution in [0.5, 0.6) is 0 Å². The Kier molecular flexibility index (Phi) is 4.32. The van der Waals surface area contributed by atoms with Gasteiger partial charge in [-0.15, -0.1) is 0 Å². The van der Waals surface area contributed by atoms with Crippen LogP contribution in [0.2, 0.25) is 0 Å². The van der Waals surface area contributed by atoms with Gasteiger partial charge in [0.1, 0.15) is 0 Å². The van der Waals surface area contributed by atoms with E-state index in [4.69, 9.17) is 0 Å². The lowest BCUT2D eigenvalue weighted by molar-refractivity contribution is 0.0774. The normalized spacial score (nSPS) is 10.4. The zero-order valence-electron chi connectivity index (χ0n) is 9.33. The fraction of sp³-hybridized carbons (Fsp3) is 0.600. The van der Waals surface area contributed by atoms with Crippen molar-refractivity contribution in [2.24, 2.45) is 7.05 Å². The SMILES string of the molecule is CCN(CCBr)C(=O)c1cnn(C)c1C. The Labute approximate surface area is 98.4 Å². The quantitative estimate of drug-likeness (QED) is 0.782. The Morgan fingerprint density at radius 1 is 1.67 bits per heavy atom. The number of aryl methyl sites for hydroxylation is 1. The van der Waals surface area contributed by atoms with Crippen molar-refractivity contribution in [3.8, 4) is 0 Å². The molecule has 1 amide bonds. The molecule has 0 N–H and O–H groups in total. The monoisotopic (exact) mass is 273 g/mol. The highest BCUT2D eigenvalue weighted by atomic mass is 79.9. The number of hydrogen-bond acceptors (Lipinski definition) is 2. The molecule has 0 bridgehead atoms. The first-order valence-electron chi connectivity index (χ1n) is 4.95. The van der Waals surface area contributed by atoms with Crippen LogP contribution in [0.4, 0.5) is 0 Å². The van der Waals surface area contributed by atoms with E-state index < -0.39 is 0 Å². The summed E-state index contributed by atoms with van der Waals surface area (Å²) in [7, 11) is 1.84. The highest BCUT2D eigenvalue weighted by Crippen LogP contribution is 2.09. The van der Waals surface area contributed by atoms with Crippen LogP contribution in [-0.4, -0.2) is 39.0 Å². The molecule has 0 unspecified atom stereocenters. The van der Waals surface area contributed by atoms with Gasteiger partial charge in [-0.05, 0) is 13.8 Å². The molecule has 0 aliphatic rings. The highest BCUT2D eigenvalue weighted by Gasteiger charge is 2.17. The molecule has 0 spiro atoms. The van der Waals surface area contributed by atoms with Gasteiger partial charge >= 0.3 is 0 Å². The maximum atomic E-state index is 12.1. The van der Waals surface area contributed by atoms with Crippen molar-refractivity contribution < 1.29 is 4.79 Å². The van der Waals surface area contributed by atoms with Gasteiger partial charge in [0, 0.05) is 31.2 Å². The summed E-state index contributed by atoms with van der Waals surface area (Å²) in [6.07, 6.45) is 1.63. The molecule has 5 heteroatoms. The van der Waals surface area contributed by atoms with Gasteiger partial charge in [-0.25, -0.2) is 0 Å². The summed E-state index contributed by atoms with van der Waals surface area (Å²) < 4.78 is 1.72. The third kappa shape index (κ3) is 2.59. The molecule has 1 aromatic heterocycles. The van der Waals surface area contributed by atoms with Crippen molar-refractivity contribution in [3.63, 3.8) is 0 Å². The average Bonchev–Trinajstić information content (AvgIpc) is 2.55. The third-order valence-electron chi connectivity index (χ3n) is 2.49. The van der Waals surface area contributed by atoms with E-state index in [-0.39, 0.29) is 5.91 Å². The molecule has 1 aromatic rings. The molecule has 4 nitrogen and oxygen atoms in total. The van der Waals surface area contributed by atoms with Gasteiger partial charge < -0.3 is 4.90 Å². The van der Waals surface area contributed by atoms with E-state index in [0.29, 0.717) is 5.56 Å². The second-order valence-electron chi connectivity index (χ2n) is 3.34. The number of rotatable bonds is 4. The lowest BCUT2D eigenvalue weighted by Crippen LogP contribution is -2.32. The standard InChI is InChI=1S/C10H16BrN3O/c1-4-14(6-5-11)10(15)9-7-12-13(3)8(9)2/h7H,4-6H2,1-3H3. The molecule has 0 fully saturated rings. The van der Waals surface area contributed by atoms with Crippen molar-refractivity contribution in [3.05, 3.63) is 17.5 Å². The first-order valence-corrected chi connectivity index (χ1v) is 6.07. The molecular weight excluding hydrogens is 258 g/mol. The van der Waals surface area contributed by atoms with Crippen LogP contribution in [0.25, 0.3) is 0 Å². The molecule has 0 aliphatic heterocycles. The second-order valence-corrected chi connectivity index (χ2v) is 4.13. The number of nitrogens with zero attached hydrogens (tertiary/aromatic N) is 3. The summed E-state index contributed by atoms with van der Waals surface area (Å²) in [5, 5.41) is 4.87. The van der Waals surface area contributed by atoms with E-state index in [2.05, 4.69) is 21.0 Å². The zero-order valence-corrected chi connectivity index (χ0v) is 10.9. The number of hydrogen-bond donors (Lipinski definition) is 0. The number of halogens is 1. The van der Waals surface area contributed by atoms with E-state index in [1.165, 1.54) is 0 Å². The van der Waals surface area contributed by atoms with Gasteiger partial charge in [0.15, 0.2) is 0 Å². The largest absolute Gasteiger partial charge is 0.338 e. The van der Waals surface area contributed by atoms with Crippen molar-refractivity contribution in [1.82, 2.24) is 14.7 Å². The molecule has 0 aromatic carbocycles. The summed E-state index contributed by atoms with van der Waals surface area (Å²) in [4.78, 5) is 13.9. The van der Waals surface area contributed by atoms with Crippen LogP contribution in [-0.2, 0) is 7.05 Å². The molecule has 0 atom stereocenters. The summed E-state index contributed by atoms with van der Waals surface area (Å²) in [6, 6.07) is 0. The maximum Gasteiger partial charge on any atom is 0.257 e. The molecule has 1 rings (SSSR count). The van der Waals surface area contributed by atoms with E-state index in [0.717, 1.165) is 24.1 Å². The molecule has 1 heterocycles. The van der Waals surface area contributed by atoms with Gasteiger partial charge in [0.2, 0.25) is 0 Å². The zero-order chi connectivity index (χ0) is 11.4. The molecular formula is C10H16BrN3O. The highest BCUT2D eigenvalue weighted by molar-refractivity contribution is 9.09. The lowest BCUT2D eigenvalue weighted by Gasteiger charge is -2.19. The lowest BCUT2D eigenvalue weighted by atomic mass is 10.2. The minimum Gasteiger partial charge on any atom is -0.338 e. The number of carbonyl (C=O) groups excluding carboxylic acids is 1. The average molecular weight is 274 g/mol. The van der Waals surface area contributed by atoms with E-state index in [1.807, 2.05) is 20.9 Å². The van der Waals surface area contributed by atoms with Crippen molar-refractivity contribution in [1.29, 1.82) is 0 Å². The van der Waals surface area contributed by atoms with Gasteiger partial charge in [0.05, 0.1) is 11.8 Å². The Morgan fingerprint density at radius 3 is 2.73 bits per heavy atom. The smallest absolute Gasteiger partial charge is 0.257 e. The van der Waals surface area contributed by atoms with Crippen LogP contribution in [0.3, 0.4) is 0 Å². The number of aromatic nitrogens is 2. The van der Waals surface area contributed by atoms with Gasteiger partial charge in [-0.1, -0.05) is 15.9 Å². The molecule has 15 heavy (non-hydrogen) atoms. The molecule has 0 radical (unpaired) electrons. The molecule has 84 valence electrons. The molecule has 0 saturated carbocycles. The van der Waals surface area contributed by atoms with Crippen LogP contribution < -0.4 is 0 Å². The molecule has 0 saturated heterocycles. The topological polar surface area (TPSA) is 38.1 Å². The van der Waals surface area contributed by atoms with E-state index in [1.54, 1.807) is 15.8 Å². The predicted molar refractivity (Wildman–Crippen MR) is 63.3 cm³/mol. The van der Waals surface area contributed by atoms with E-state index >= 15 is 0 Å². The predicted octanol–water partition coefficient (Wildman–Crippen LogP) is 1.59.